The van der Waals surface area contributed by atoms with E-state index in [9.17, 15) is 4.79 Å². The predicted molar refractivity (Wildman–Crippen MR) is 81.1 cm³/mol. The molecule has 1 aromatic carbocycles. The summed E-state index contributed by atoms with van der Waals surface area (Å²) in [5, 5.41) is 3.54. The smallest absolute Gasteiger partial charge is 0.258 e. The lowest BCUT2D eigenvalue weighted by Crippen LogP contribution is -2.43. The summed E-state index contributed by atoms with van der Waals surface area (Å²) >= 11 is 1.76. The maximum Gasteiger partial charge on any atom is 0.258 e. The molecule has 102 valence electrons. The molecule has 1 saturated carbocycles. The summed E-state index contributed by atoms with van der Waals surface area (Å²) in [5.74, 6) is 0.165. The normalized spacial score (nSPS) is 21.6. The molecule has 0 radical (unpaired) electrons. The van der Waals surface area contributed by atoms with Crippen LogP contribution in [0, 0.1) is 6.92 Å². The standard InChI is InChI=1S/C16H16N2OS/c1-10-6-9-14(20-10)15-17-13-5-3-2-4-12(13)16(19)18(15)11-7-8-11/h2-6,9,11,15,17H,7-8H2,1H3. The molecule has 2 aliphatic rings. The summed E-state index contributed by atoms with van der Waals surface area (Å²) in [6, 6.07) is 12.5. The number of anilines is 1. The van der Waals surface area contributed by atoms with Crippen LogP contribution in [0.1, 0.15) is 39.1 Å². The third kappa shape index (κ3) is 1.83. The third-order valence-corrected chi connectivity index (χ3v) is 4.99. The first-order chi connectivity index (χ1) is 9.74. The Morgan fingerprint density at radius 2 is 2.00 bits per heavy atom. The third-order valence-electron chi connectivity index (χ3n) is 3.93. The van der Waals surface area contributed by atoms with E-state index in [-0.39, 0.29) is 12.1 Å². The van der Waals surface area contributed by atoms with Crippen molar-refractivity contribution in [3.63, 3.8) is 0 Å². The molecular weight excluding hydrogens is 268 g/mol. The van der Waals surface area contributed by atoms with Gasteiger partial charge in [0.1, 0.15) is 6.17 Å². The molecular formula is C16H16N2OS. The molecule has 1 N–H and O–H groups in total. The molecule has 1 atom stereocenters. The van der Waals surface area contributed by atoms with Gasteiger partial charge in [-0.05, 0) is 44.0 Å². The second-order valence-corrected chi connectivity index (χ2v) is 6.80. The van der Waals surface area contributed by atoms with E-state index in [4.69, 9.17) is 0 Å². The van der Waals surface area contributed by atoms with Crippen LogP contribution in [0.15, 0.2) is 36.4 Å². The molecule has 4 rings (SSSR count). The lowest BCUT2D eigenvalue weighted by molar-refractivity contribution is 0.0669. The fourth-order valence-electron chi connectivity index (χ4n) is 2.81. The molecule has 3 nitrogen and oxygen atoms in total. The number of thiophene rings is 1. The maximum absolute atomic E-state index is 12.8. The molecule has 1 aliphatic carbocycles. The van der Waals surface area contributed by atoms with Gasteiger partial charge in [-0.1, -0.05) is 12.1 Å². The van der Waals surface area contributed by atoms with Gasteiger partial charge in [0.2, 0.25) is 0 Å². The first-order valence-corrected chi connectivity index (χ1v) is 7.80. The average Bonchev–Trinajstić information content (AvgIpc) is 3.20. The first-order valence-electron chi connectivity index (χ1n) is 6.98. The number of para-hydroxylation sites is 1. The van der Waals surface area contributed by atoms with E-state index >= 15 is 0 Å². The topological polar surface area (TPSA) is 32.3 Å². The van der Waals surface area contributed by atoms with Crippen LogP contribution >= 0.6 is 11.3 Å². The van der Waals surface area contributed by atoms with Crippen molar-refractivity contribution in [2.45, 2.75) is 32.0 Å². The van der Waals surface area contributed by atoms with Gasteiger partial charge in [0.05, 0.1) is 5.56 Å². The Bertz CT molecular complexity index is 675. The monoisotopic (exact) mass is 284 g/mol. The highest BCUT2D eigenvalue weighted by atomic mass is 32.1. The summed E-state index contributed by atoms with van der Waals surface area (Å²) in [7, 11) is 0. The van der Waals surface area contributed by atoms with Gasteiger partial charge in [-0.25, -0.2) is 0 Å². The Morgan fingerprint density at radius 3 is 2.70 bits per heavy atom. The Labute approximate surface area is 122 Å². The molecule has 0 bridgehead atoms. The van der Waals surface area contributed by atoms with E-state index in [2.05, 4.69) is 24.4 Å². The van der Waals surface area contributed by atoms with Crippen LogP contribution in [0.25, 0.3) is 0 Å². The number of nitrogens with one attached hydrogen (secondary N) is 1. The fraction of sp³-hybridized carbons (Fsp3) is 0.312. The van der Waals surface area contributed by atoms with Gasteiger partial charge < -0.3 is 10.2 Å². The molecule has 2 aromatic rings. The van der Waals surface area contributed by atoms with E-state index in [1.165, 1.54) is 9.75 Å². The number of hydrogen-bond donors (Lipinski definition) is 1. The summed E-state index contributed by atoms with van der Waals surface area (Å²) in [6.45, 7) is 2.11. The largest absolute Gasteiger partial charge is 0.360 e. The van der Waals surface area contributed by atoms with Gasteiger partial charge in [-0.15, -0.1) is 11.3 Å². The number of rotatable bonds is 2. The average molecular weight is 284 g/mol. The maximum atomic E-state index is 12.8. The zero-order valence-electron chi connectivity index (χ0n) is 11.3. The van der Waals surface area contributed by atoms with Gasteiger partial charge in [0.25, 0.3) is 5.91 Å². The van der Waals surface area contributed by atoms with E-state index in [1.54, 1.807) is 11.3 Å². The summed E-state index contributed by atoms with van der Waals surface area (Å²) in [4.78, 5) is 17.3. The Morgan fingerprint density at radius 1 is 1.20 bits per heavy atom. The van der Waals surface area contributed by atoms with Crippen LogP contribution in [0.2, 0.25) is 0 Å². The van der Waals surface area contributed by atoms with Crippen LogP contribution in [0.4, 0.5) is 5.69 Å². The van der Waals surface area contributed by atoms with Crippen molar-refractivity contribution in [3.8, 4) is 0 Å². The summed E-state index contributed by atoms with van der Waals surface area (Å²) < 4.78 is 0. The molecule has 2 heterocycles. The van der Waals surface area contributed by atoms with E-state index < -0.39 is 0 Å². The second-order valence-electron chi connectivity index (χ2n) is 5.48. The summed E-state index contributed by atoms with van der Waals surface area (Å²) in [5.41, 5.74) is 1.74. The lowest BCUT2D eigenvalue weighted by atomic mass is 10.1. The van der Waals surface area contributed by atoms with E-state index in [1.807, 2.05) is 29.2 Å². The van der Waals surface area contributed by atoms with Gasteiger partial charge in [-0.2, -0.15) is 0 Å². The van der Waals surface area contributed by atoms with Crippen LogP contribution in [0.3, 0.4) is 0 Å². The highest BCUT2D eigenvalue weighted by Crippen LogP contribution is 2.42. The van der Waals surface area contributed by atoms with Crippen molar-refractivity contribution >= 4 is 22.9 Å². The minimum Gasteiger partial charge on any atom is -0.360 e. The number of nitrogens with zero attached hydrogens (tertiary/aromatic N) is 1. The van der Waals surface area contributed by atoms with Crippen molar-refractivity contribution in [1.82, 2.24) is 4.90 Å². The van der Waals surface area contributed by atoms with Crippen molar-refractivity contribution in [3.05, 3.63) is 51.7 Å². The van der Waals surface area contributed by atoms with Crippen LogP contribution in [-0.2, 0) is 0 Å². The zero-order chi connectivity index (χ0) is 13.7. The van der Waals surface area contributed by atoms with E-state index in [0.717, 1.165) is 24.1 Å². The molecule has 0 saturated heterocycles. The number of fused-ring (bicyclic) bond motifs is 1. The zero-order valence-corrected chi connectivity index (χ0v) is 12.1. The summed E-state index contributed by atoms with van der Waals surface area (Å²) in [6.07, 6.45) is 2.23. The minimum absolute atomic E-state index is 0.0106. The van der Waals surface area contributed by atoms with Crippen molar-refractivity contribution < 1.29 is 4.79 Å². The van der Waals surface area contributed by atoms with Crippen molar-refractivity contribution in [2.75, 3.05) is 5.32 Å². The van der Waals surface area contributed by atoms with Gasteiger partial charge in [0, 0.05) is 21.5 Å². The molecule has 1 aromatic heterocycles. The SMILES string of the molecule is Cc1ccc(C2Nc3ccccc3C(=O)N2C2CC2)s1. The molecule has 1 unspecified atom stereocenters. The van der Waals surface area contributed by atoms with Crippen LogP contribution in [-0.4, -0.2) is 16.8 Å². The highest BCUT2D eigenvalue weighted by molar-refractivity contribution is 7.12. The first kappa shape index (κ1) is 12.0. The van der Waals surface area contributed by atoms with Gasteiger partial charge in [-0.3, -0.25) is 4.79 Å². The number of aryl methyl sites for hydroxylation is 1. The van der Waals surface area contributed by atoms with Crippen LogP contribution < -0.4 is 5.32 Å². The lowest BCUT2D eigenvalue weighted by Gasteiger charge is -2.37. The molecule has 1 fully saturated rings. The molecule has 0 spiro atoms. The number of amides is 1. The Balaban J connectivity index is 1.80. The quantitative estimate of drug-likeness (QED) is 0.910. The van der Waals surface area contributed by atoms with Crippen molar-refractivity contribution in [2.24, 2.45) is 0 Å². The van der Waals surface area contributed by atoms with E-state index in [0.29, 0.717) is 6.04 Å². The van der Waals surface area contributed by atoms with Gasteiger partial charge in [0.15, 0.2) is 0 Å². The molecule has 20 heavy (non-hydrogen) atoms. The number of carbonyl (C=O) groups excluding carboxylic acids is 1. The number of carbonyl (C=O) groups is 1. The Hall–Kier alpha value is -1.81. The molecule has 4 heteroatoms. The van der Waals surface area contributed by atoms with Crippen LogP contribution in [0.5, 0.6) is 0 Å². The van der Waals surface area contributed by atoms with Gasteiger partial charge >= 0.3 is 0 Å². The molecule has 1 aliphatic heterocycles. The predicted octanol–water partition coefficient (Wildman–Crippen LogP) is 3.79. The number of benzene rings is 1. The fourth-order valence-corrected chi connectivity index (χ4v) is 3.73. The minimum atomic E-state index is -0.0106. The highest BCUT2D eigenvalue weighted by Gasteiger charge is 2.42. The Kier molecular flexibility index (Phi) is 2.60. The second kappa shape index (κ2) is 4.35. The molecule has 1 amide bonds. The van der Waals surface area contributed by atoms with Crippen molar-refractivity contribution in [1.29, 1.82) is 0 Å². The number of hydrogen-bond acceptors (Lipinski definition) is 3.